The summed E-state index contributed by atoms with van der Waals surface area (Å²) in [5.41, 5.74) is 3.49. The van der Waals surface area contributed by atoms with Gasteiger partial charge in [0, 0.05) is 44.5 Å². The molecule has 2 aliphatic rings. The van der Waals surface area contributed by atoms with E-state index in [0.29, 0.717) is 5.69 Å². The van der Waals surface area contributed by atoms with Gasteiger partial charge in [-0.2, -0.15) is 0 Å². The number of aryl methyl sites for hydroxylation is 1. The van der Waals surface area contributed by atoms with Gasteiger partial charge in [0.2, 0.25) is 6.17 Å². The van der Waals surface area contributed by atoms with Crippen LogP contribution in [-0.4, -0.2) is 74.0 Å². The molecule has 1 fully saturated rings. The van der Waals surface area contributed by atoms with Gasteiger partial charge in [0.05, 0.1) is 5.69 Å². The van der Waals surface area contributed by atoms with Crippen LogP contribution >= 0.6 is 0 Å². The molecule has 0 aliphatic carbocycles. The number of amides is 3. The molecule has 0 saturated carbocycles. The summed E-state index contributed by atoms with van der Waals surface area (Å²) in [6.45, 7) is 5.51. The van der Waals surface area contributed by atoms with E-state index in [9.17, 15) is 9.59 Å². The molecule has 8 heteroatoms. The highest BCUT2D eigenvalue weighted by Gasteiger charge is 2.33. The number of benzodiazepines with no additional fused rings is 1. The zero-order chi connectivity index (χ0) is 22.7. The Balaban J connectivity index is 1.61. The molecule has 2 heterocycles. The second-order valence-electron chi connectivity index (χ2n) is 8.21. The summed E-state index contributed by atoms with van der Waals surface area (Å²) in [6, 6.07) is 15.0. The van der Waals surface area contributed by atoms with Crippen molar-refractivity contribution in [3.05, 3.63) is 59.7 Å². The largest absolute Gasteiger partial charge is 0.354 e. The fraction of sp³-hybridized carbons (Fsp3) is 0.375. The standard InChI is InChI=1S/C24H30N6O2/c1-4-17-8-7-9-18(16-17)25-24(32)27-21-23(31)29(3)20-11-6-5-10-19(20)22(26-21)30-14-12-28(2)13-15-30/h5-11,16,21H,4,12-15H2,1-3H3,(H2,25,27,32)/t21-/m0/s1. The minimum atomic E-state index is -1.02. The fourth-order valence-corrected chi connectivity index (χ4v) is 4.03. The number of rotatable bonds is 3. The summed E-state index contributed by atoms with van der Waals surface area (Å²) in [5, 5.41) is 5.60. The van der Waals surface area contributed by atoms with Gasteiger partial charge in [-0.25, -0.2) is 9.79 Å². The number of aliphatic imine (C=N–C) groups is 1. The van der Waals surface area contributed by atoms with Crippen molar-refractivity contribution in [2.75, 3.05) is 50.5 Å². The molecule has 4 rings (SSSR count). The van der Waals surface area contributed by atoms with Gasteiger partial charge in [-0.05, 0) is 43.3 Å². The van der Waals surface area contributed by atoms with Gasteiger partial charge in [0.15, 0.2) is 0 Å². The van der Waals surface area contributed by atoms with E-state index in [2.05, 4.69) is 34.4 Å². The third-order valence-corrected chi connectivity index (χ3v) is 5.99. The number of anilines is 2. The van der Waals surface area contributed by atoms with Gasteiger partial charge in [0.1, 0.15) is 5.84 Å². The lowest BCUT2D eigenvalue weighted by atomic mass is 10.1. The van der Waals surface area contributed by atoms with Crippen molar-refractivity contribution in [3.8, 4) is 0 Å². The maximum atomic E-state index is 13.2. The third kappa shape index (κ3) is 4.60. The van der Waals surface area contributed by atoms with E-state index in [1.54, 1.807) is 11.9 Å². The van der Waals surface area contributed by atoms with Crippen LogP contribution in [0.2, 0.25) is 0 Å². The number of benzene rings is 2. The van der Waals surface area contributed by atoms with Crippen LogP contribution in [0.4, 0.5) is 16.2 Å². The first kappa shape index (κ1) is 21.8. The van der Waals surface area contributed by atoms with Crippen LogP contribution in [0.25, 0.3) is 0 Å². The van der Waals surface area contributed by atoms with Gasteiger partial charge in [-0.3, -0.25) is 4.79 Å². The van der Waals surface area contributed by atoms with Crippen molar-refractivity contribution in [3.63, 3.8) is 0 Å². The van der Waals surface area contributed by atoms with Crippen LogP contribution in [-0.2, 0) is 11.2 Å². The molecule has 1 saturated heterocycles. The van der Waals surface area contributed by atoms with E-state index in [0.717, 1.165) is 55.2 Å². The fourth-order valence-electron chi connectivity index (χ4n) is 4.03. The van der Waals surface area contributed by atoms with Crippen LogP contribution in [0.15, 0.2) is 53.5 Å². The Kier molecular flexibility index (Phi) is 6.41. The normalized spacial score (nSPS) is 19.2. The van der Waals surface area contributed by atoms with E-state index in [1.165, 1.54) is 0 Å². The monoisotopic (exact) mass is 434 g/mol. The van der Waals surface area contributed by atoms with Gasteiger partial charge < -0.3 is 25.3 Å². The number of para-hydroxylation sites is 1. The number of piperazine rings is 1. The van der Waals surface area contributed by atoms with E-state index in [1.807, 2.05) is 48.5 Å². The number of likely N-dealkylation sites (N-methyl/N-ethyl adjacent to an activating group) is 2. The molecule has 2 aliphatic heterocycles. The molecule has 2 aromatic carbocycles. The minimum Gasteiger partial charge on any atom is -0.354 e. The molecule has 8 nitrogen and oxygen atoms in total. The Hall–Kier alpha value is -3.39. The number of hydrogen-bond donors (Lipinski definition) is 2. The van der Waals surface area contributed by atoms with Crippen LogP contribution in [0, 0.1) is 0 Å². The summed E-state index contributed by atoms with van der Waals surface area (Å²) in [7, 11) is 3.82. The quantitative estimate of drug-likeness (QED) is 0.777. The van der Waals surface area contributed by atoms with Crippen LogP contribution < -0.4 is 15.5 Å². The van der Waals surface area contributed by atoms with E-state index >= 15 is 0 Å². The Morgan fingerprint density at radius 3 is 2.56 bits per heavy atom. The average Bonchev–Trinajstić information content (AvgIpc) is 2.90. The number of carbonyl (C=O) groups excluding carboxylic acids is 2. The molecule has 2 N–H and O–H groups in total. The predicted molar refractivity (Wildman–Crippen MR) is 127 cm³/mol. The SMILES string of the molecule is CCc1cccc(NC(=O)N[C@@H]2N=C(N3CCN(C)CC3)c3ccccc3N(C)C2=O)c1. The molecule has 0 unspecified atom stereocenters. The Bertz CT molecular complexity index is 1030. The molecule has 1 atom stereocenters. The van der Waals surface area contributed by atoms with Crippen LogP contribution in [0.3, 0.4) is 0 Å². The summed E-state index contributed by atoms with van der Waals surface area (Å²) in [4.78, 5) is 36.8. The number of urea groups is 1. The molecule has 32 heavy (non-hydrogen) atoms. The van der Waals surface area contributed by atoms with Crippen molar-refractivity contribution in [2.24, 2.45) is 4.99 Å². The summed E-state index contributed by atoms with van der Waals surface area (Å²) < 4.78 is 0. The summed E-state index contributed by atoms with van der Waals surface area (Å²) in [6.07, 6.45) is -0.142. The lowest BCUT2D eigenvalue weighted by Crippen LogP contribution is -2.49. The zero-order valence-electron chi connectivity index (χ0n) is 18.8. The van der Waals surface area contributed by atoms with Crippen molar-refractivity contribution < 1.29 is 9.59 Å². The van der Waals surface area contributed by atoms with E-state index in [-0.39, 0.29) is 5.91 Å². The molecule has 0 aromatic heterocycles. The van der Waals surface area contributed by atoms with Crippen molar-refractivity contribution >= 4 is 29.1 Å². The van der Waals surface area contributed by atoms with Gasteiger partial charge in [-0.15, -0.1) is 0 Å². The maximum Gasteiger partial charge on any atom is 0.321 e. The van der Waals surface area contributed by atoms with Crippen molar-refractivity contribution in [1.82, 2.24) is 15.1 Å². The maximum absolute atomic E-state index is 13.2. The second kappa shape index (κ2) is 9.40. The van der Waals surface area contributed by atoms with Gasteiger partial charge in [0.25, 0.3) is 5.91 Å². The smallest absolute Gasteiger partial charge is 0.321 e. The first-order chi connectivity index (χ1) is 15.5. The number of carbonyl (C=O) groups is 2. The molecule has 3 amide bonds. The van der Waals surface area contributed by atoms with Crippen LogP contribution in [0.1, 0.15) is 18.1 Å². The second-order valence-corrected chi connectivity index (χ2v) is 8.21. The van der Waals surface area contributed by atoms with Crippen molar-refractivity contribution in [1.29, 1.82) is 0 Å². The van der Waals surface area contributed by atoms with Crippen LogP contribution in [0.5, 0.6) is 0 Å². The number of fused-ring (bicyclic) bond motifs is 1. The lowest BCUT2D eigenvalue weighted by molar-refractivity contribution is -0.119. The Labute approximate surface area is 188 Å². The third-order valence-electron chi connectivity index (χ3n) is 5.99. The molecular weight excluding hydrogens is 404 g/mol. The first-order valence-corrected chi connectivity index (χ1v) is 11.0. The number of hydrogen-bond acceptors (Lipinski definition) is 5. The Morgan fingerprint density at radius 1 is 1.06 bits per heavy atom. The molecular formula is C24H30N6O2. The molecule has 2 aromatic rings. The summed E-state index contributed by atoms with van der Waals surface area (Å²) >= 11 is 0. The molecule has 0 spiro atoms. The average molecular weight is 435 g/mol. The van der Waals surface area contributed by atoms with Gasteiger partial charge in [-0.1, -0.05) is 31.2 Å². The zero-order valence-corrected chi connectivity index (χ0v) is 18.8. The van der Waals surface area contributed by atoms with Crippen molar-refractivity contribution in [2.45, 2.75) is 19.5 Å². The highest BCUT2D eigenvalue weighted by Crippen LogP contribution is 2.26. The molecule has 168 valence electrons. The van der Waals surface area contributed by atoms with Gasteiger partial charge >= 0.3 is 6.03 Å². The molecule has 0 radical (unpaired) electrons. The number of nitrogens with zero attached hydrogens (tertiary/aromatic N) is 4. The highest BCUT2D eigenvalue weighted by molar-refractivity contribution is 6.12. The van der Waals surface area contributed by atoms with E-state index < -0.39 is 12.2 Å². The predicted octanol–water partition coefficient (Wildman–Crippen LogP) is 2.37. The highest BCUT2D eigenvalue weighted by atomic mass is 16.2. The Morgan fingerprint density at radius 2 is 1.81 bits per heavy atom. The topological polar surface area (TPSA) is 80.3 Å². The minimum absolute atomic E-state index is 0.279. The molecule has 0 bridgehead atoms. The lowest BCUT2D eigenvalue weighted by Gasteiger charge is -2.35. The van der Waals surface area contributed by atoms with E-state index in [4.69, 9.17) is 4.99 Å². The summed E-state index contributed by atoms with van der Waals surface area (Å²) in [5.74, 6) is 0.462. The first-order valence-electron chi connectivity index (χ1n) is 11.0. The number of amidine groups is 1. The number of nitrogens with one attached hydrogen (secondary N) is 2.